The van der Waals surface area contributed by atoms with Crippen LogP contribution in [0.15, 0.2) is 52.0 Å². The average Bonchev–Trinajstić information content (AvgIpc) is 3.12. The first kappa shape index (κ1) is 21.8. The second-order valence-corrected chi connectivity index (χ2v) is 7.75. The van der Waals surface area contributed by atoms with Crippen molar-refractivity contribution in [3.8, 4) is 23.1 Å². The maximum atomic E-state index is 12.9. The number of methoxy groups -OCH3 is 2. The Morgan fingerprint density at radius 1 is 1.27 bits per heavy atom. The summed E-state index contributed by atoms with van der Waals surface area (Å²) in [7, 11) is 3.07. The number of hydrogen-bond donors (Lipinski definition) is 1. The molecule has 1 unspecified atom stereocenters. The summed E-state index contributed by atoms with van der Waals surface area (Å²) in [6, 6.07) is 11.9. The van der Waals surface area contributed by atoms with Crippen molar-refractivity contribution < 1.29 is 28.6 Å². The number of nitrogens with zero attached hydrogens (tertiary/aromatic N) is 2. The molecule has 0 aliphatic heterocycles. The van der Waals surface area contributed by atoms with E-state index in [-0.39, 0.29) is 10.9 Å². The summed E-state index contributed by atoms with van der Waals surface area (Å²) in [6.07, 6.45) is 0.465. The number of carbonyl (C=O) groups excluding carboxylic acids is 1. The van der Waals surface area contributed by atoms with Crippen molar-refractivity contribution in [3.05, 3.63) is 47.5 Å². The monoisotopic (exact) mass is 449 g/mol. The van der Waals surface area contributed by atoms with Crippen molar-refractivity contribution in [2.24, 2.45) is 0 Å². The molecular weight excluding hydrogens is 430 g/mol. The van der Waals surface area contributed by atoms with E-state index in [0.29, 0.717) is 34.3 Å². The van der Waals surface area contributed by atoms with E-state index in [1.54, 1.807) is 49.6 Å². The SMILES string of the molecule is CCC(Sc1c([O-])on[n+]1-c1ccc(OC)cc1)C(=O)Nc1cc(Cl)ccc1OC. The number of ether oxygens (including phenoxy) is 2. The van der Waals surface area contributed by atoms with Gasteiger partial charge in [0, 0.05) is 17.2 Å². The van der Waals surface area contributed by atoms with Gasteiger partial charge in [0.2, 0.25) is 11.6 Å². The van der Waals surface area contributed by atoms with Crippen LogP contribution in [0.25, 0.3) is 5.69 Å². The molecular formula is C20H20ClN3O5S. The zero-order chi connectivity index (χ0) is 21.7. The second-order valence-electron chi connectivity index (χ2n) is 6.12. The number of aromatic nitrogens is 2. The number of thioether (sulfide) groups is 1. The summed E-state index contributed by atoms with van der Waals surface area (Å²) in [5.41, 5.74) is 1.06. The molecule has 158 valence electrons. The van der Waals surface area contributed by atoms with Crippen LogP contribution in [0, 0.1) is 0 Å². The van der Waals surface area contributed by atoms with Crippen molar-refractivity contribution in [2.75, 3.05) is 19.5 Å². The standard InChI is InChI=1S/C20H20ClN3O5S/c1-4-17(18(25)22-15-11-12(21)5-10-16(15)28-3)30-19-20(26)29-23-24(19)13-6-8-14(27-2)9-7-13/h5-11,17H,4H2,1-3H3,(H-,22,23,25,26). The zero-order valence-corrected chi connectivity index (χ0v) is 18.1. The van der Waals surface area contributed by atoms with Crippen LogP contribution in [-0.4, -0.2) is 30.6 Å². The van der Waals surface area contributed by atoms with Crippen molar-refractivity contribution >= 4 is 35.0 Å². The lowest BCUT2D eigenvalue weighted by atomic mass is 10.2. The topological polar surface area (TPSA) is 101 Å². The highest BCUT2D eigenvalue weighted by Crippen LogP contribution is 2.32. The van der Waals surface area contributed by atoms with Gasteiger partial charge in [0.1, 0.15) is 11.5 Å². The first-order chi connectivity index (χ1) is 14.5. The summed E-state index contributed by atoms with van der Waals surface area (Å²) in [5.74, 6) is 0.225. The van der Waals surface area contributed by atoms with Crippen molar-refractivity contribution in [1.29, 1.82) is 0 Å². The highest BCUT2D eigenvalue weighted by atomic mass is 35.5. The summed E-state index contributed by atoms with van der Waals surface area (Å²) in [6.45, 7) is 1.85. The van der Waals surface area contributed by atoms with E-state index in [4.69, 9.17) is 25.6 Å². The van der Waals surface area contributed by atoms with Crippen LogP contribution < -0.4 is 24.6 Å². The Labute approximate surface area is 182 Å². The van der Waals surface area contributed by atoms with Gasteiger partial charge in [-0.05, 0) is 53.2 Å². The van der Waals surface area contributed by atoms with Crippen molar-refractivity contribution in [1.82, 2.24) is 5.27 Å². The molecule has 1 amide bonds. The Morgan fingerprint density at radius 2 is 2.00 bits per heavy atom. The van der Waals surface area contributed by atoms with Gasteiger partial charge in [-0.15, -0.1) is 0 Å². The van der Waals surface area contributed by atoms with Gasteiger partial charge in [-0.2, -0.15) is 0 Å². The van der Waals surface area contributed by atoms with E-state index in [9.17, 15) is 9.90 Å². The Hall–Kier alpha value is -2.91. The molecule has 3 aromatic rings. The van der Waals surface area contributed by atoms with Crippen LogP contribution in [0.5, 0.6) is 17.4 Å². The van der Waals surface area contributed by atoms with Crippen LogP contribution in [0.4, 0.5) is 5.69 Å². The highest BCUT2D eigenvalue weighted by molar-refractivity contribution is 8.00. The normalized spacial score (nSPS) is 11.7. The van der Waals surface area contributed by atoms with Gasteiger partial charge in [-0.1, -0.05) is 18.5 Å². The number of rotatable bonds is 8. The van der Waals surface area contributed by atoms with E-state index < -0.39 is 11.2 Å². The zero-order valence-electron chi connectivity index (χ0n) is 16.5. The van der Waals surface area contributed by atoms with E-state index in [0.717, 1.165) is 11.8 Å². The summed E-state index contributed by atoms with van der Waals surface area (Å²) < 4.78 is 16.6. The molecule has 0 saturated heterocycles. The van der Waals surface area contributed by atoms with Crippen LogP contribution in [0.2, 0.25) is 5.02 Å². The molecule has 1 atom stereocenters. The third-order valence-electron chi connectivity index (χ3n) is 4.23. The van der Waals surface area contributed by atoms with Gasteiger partial charge in [-0.3, -0.25) is 4.79 Å². The van der Waals surface area contributed by atoms with Gasteiger partial charge in [0.25, 0.3) is 5.03 Å². The van der Waals surface area contributed by atoms with Gasteiger partial charge < -0.3 is 24.4 Å². The molecule has 1 aromatic heterocycles. The maximum Gasteiger partial charge on any atom is 0.298 e. The molecule has 30 heavy (non-hydrogen) atoms. The fourth-order valence-corrected chi connectivity index (χ4v) is 3.82. The number of amides is 1. The highest BCUT2D eigenvalue weighted by Gasteiger charge is 2.28. The largest absolute Gasteiger partial charge is 0.538 e. The molecule has 0 saturated carbocycles. The second kappa shape index (κ2) is 9.73. The molecule has 1 N–H and O–H groups in total. The number of benzene rings is 2. The number of nitrogens with one attached hydrogen (secondary N) is 1. The molecule has 2 aromatic carbocycles. The molecule has 0 aliphatic rings. The van der Waals surface area contributed by atoms with Gasteiger partial charge in [0.15, 0.2) is 5.95 Å². The van der Waals surface area contributed by atoms with Crippen LogP contribution in [-0.2, 0) is 4.79 Å². The van der Waals surface area contributed by atoms with E-state index in [1.807, 2.05) is 6.92 Å². The quantitative estimate of drug-likeness (QED) is 0.416. The molecule has 0 fully saturated rings. The van der Waals surface area contributed by atoms with Gasteiger partial charge >= 0.3 is 0 Å². The van der Waals surface area contributed by atoms with E-state index >= 15 is 0 Å². The summed E-state index contributed by atoms with van der Waals surface area (Å²) in [4.78, 5) is 12.9. The third kappa shape index (κ3) is 4.80. The molecule has 0 spiro atoms. The lowest BCUT2D eigenvalue weighted by Gasteiger charge is -2.15. The van der Waals surface area contributed by atoms with Gasteiger partial charge in [-0.25, -0.2) is 0 Å². The number of hydrogen-bond acceptors (Lipinski definition) is 7. The smallest absolute Gasteiger partial charge is 0.298 e. The number of halogens is 1. The lowest BCUT2D eigenvalue weighted by molar-refractivity contribution is -0.705. The maximum absolute atomic E-state index is 12.9. The molecule has 0 bridgehead atoms. The van der Waals surface area contributed by atoms with E-state index in [1.165, 1.54) is 11.8 Å². The average molecular weight is 450 g/mol. The third-order valence-corrected chi connectivity index (χ3v) is 5.86. The number of carbonyl (C=O) groups is 1. The lowest BCUT2D eigenvalue weighted by Crippen LogP contribution is -2.36. The Kier molecular flexibility index (Phi) is 7.07. The number of anilines is 1. The molecule has 8 nitrogen and oxygen atoms in total. The summed E-state index contributed by atoms with van der Waals surface area (Å²) in [5, 5.41) is 18.9. The minimum Gasteiger partial charge on any atom is -0.538 e. The van der Waals surface area contributed by atoms with Crippen LogP contribution >= 0.6 is 23.4 Å². The van der Waals surface area contributed by atoms with Crippen molar-refractivity contribution in [3.63, 3.8) is 0 Å². The van der Waals surface area contributed by atoms with E-state index in [2.05, 4.69) is 10.6 Å². The molecule has 10 heteroatoms. The Balaban J connectivity index is 1.83. The predicted octanol–water partition coefficient (Wildman–Crippen LogP) is 3.20. The van der Waals surface area contributed by atoms with Crippen LogP contribution in [0.3, 0.4) is 0 Å². The Morgan fingerprint density at radius 3 is 2.63 bits per heavy atom. The minimum atomic E-state index is -0.623. The fraction of sp³-hybridized carbons (Fsp3) is 0.250. The van der Waals surface area contributed by atoms with Crippen LogP contribution in [0.1, 0.15) is 13.3 Å². The summed E-state index contributed by atoms with van der Waals surface area (Å²) >= 11 is 7.11. The molecule has 1 heterocycles. The molecule has 0 aliphatic carbocycles. The first-order valence-corrected chi connectivity index (χ1v) is 10.3. The Bertz CT molecular complexity index is 1030. The fourth-order valence-electron chi connectivity index (χ4n) is 2.67. The van der Waals surface area contributed by atoms with Crippen molar-refractivity contribution in [2.45, 2.75) is 23.6 Å². The molecule has 3 rings (SSSR count). The predicted molar refractivity (Wildman–Crippen MR) is 111 cm³/mol. The van der Waals surface area contributed by atoms with Gasteiger partial charge in [0.05, 0.1) is 30.4 Å². The first-order valence-electron chi connectivity index (χ1n) is 9.01. The minimum absolute atomic E-state index is 0.195. The molecule has 0 radical (unpaired) electrons.